The van der Waals surface area contributed by atoms with Crippen LogP contribution in [-0.4, -0.2) is 42.0 Å². The van der Waals surface area contributed by atoms with E-state index in [0.717, 1.165) is 0 Å². The van der Waals surface area contributed by atoms with Gasteiger partial charge in [-0.05, 0) is 48.0 Å². The van der Waals surface area contributed by atoms with Crippen molar-refractivity contribution in [3.05, 3.63) is 59.7 Å². The first-order valence-corrected chi connectivity index (χ1v) is 11.5. The third kappa shape index (κ3) is 5.29. The van der Waals surface area contributed by atoms with Crippen molar-refractivity contribution < 1.29 is 32.5 Å². The molecule has 34 heavy (non-hydrogen) atoms. The average Bonchev–Trinajstić information content (AvgIpc) is 2.83. The molecule has 0 atom stereocenters. The van der Waals surface area contributed by atoms with Crippen LogP contribution in [0.4, 0.5) is 11.4 Å². The monoisotopic (exact) mass is 486 g/mol. The van der Waals surface area contributed by atoms with Crippen LogP contribution in [0.25, 0.3) is 12.2 Å². The van der Waals surface area contributed by atoms with Gasteiger partial charge in [-0.25, -0.2) is 8.42 Å². The molecule has 10 heteroatoms. The normalized spacial score (nSPS) is 11.3. The van der Waals surface area contributed by atoms with Gasteiger partial charge in [0.1, 0.15) is 0 Å². The van der Waals surface area contributed by atoms with Gasteiger partial charge in [0, 0.05) is 17.3 Å². The van der Waals surface area contributed by atoms with E-state index < -0.39 is 10.0 Å². The fourth-order valence-electron chi connectivity index (χ4n) is 3.21. The van der Waals surface area contributed by atoms with Crippen molar-refractivity contribution in [2.45, 2.75) is 4.90 Å². The van der Waals surface area contributed by atoms with Crippen molar-refractivity contribution >= 4 is 33.6 Å². The molecule has 4 N–H and O–H groups in total. The van der Waals surface area contributed by atoms with E-state index in [0.29, 0.717) is 34.1 Å². The van der Waals surface area contributed by atoms with Gasteiger partial charge in [0.15, 0.2) is 23.0 Å². The number of hydrogen-bond donors (Lipinski definition) is 3. The van der Waals surface area contributed by atoms with Crippen molar-refractivity contribution in [2.24, 2.45) is 0 Å². The first-order valence-electron chi connectivity index (χ1n) is 9.99. The Labute approximate surface area is 198 Å². The number of nitrogens with one attached hydrogen (secondary N) is 1. The molecule has 3 aromatic rings. The number of nitrogen functional groups attached to an aromatic ring is 1. The highest BCUT2D eigenvalue weighted by Gasteiger charge is 2.18. The SMILES string of the molecule is COc1cc(NS(=O)(=O)c2ccc(N)cc2)c(/C=C\c2cc(OC)c(OC)c(OC)c2)cc1O. The Balaban J connectivity index is 2.04. The van der Waals surface area contributed by atoms with E-state index in [1.165, 1.54) is 64.8 Å². The molecule has 9 nitrogen and oxygen atoms in total. The second-order valence-electron chi connectivity index (χ2n) is 7.08. The number of anilines is 2. The molecule has 180 valence electrons. The summed E-state index contributed by atoms with van der Waals surface area (Å²) in [6.07, 6.45) is 3.35. The minimum absolute atomic E-state index is 0.0355. The fourth-order valence-corrected chi connectivity index (χ4v) is 4.29. The molecule has 0 amide bonds. The highest BCUT2D eigenvalue weighted by atomic mass is 32.2. The molecular formula is C24H26N2O7S. The summed E-state index contributed by atoms with van der Waals surface area (Å²) in [4.78, 5) is 0.0355. The molecule has 0 aromatic heterocycles. The molecule has 0 aliphatic carbocycles. The van der Waals surface area contributed by atoms with E-state index >= 15 is 0 Å². The molecule has 0 radical (unpaired) electrons. The van der Waals surface area contributed by atoms with E-state index in [1.54, 1.807) is 24.3 Å². The van der Waals surface area contributed by atoms with Crippen LogP contribution in [0.1, 0.15) is 11.1 Å². The third-order valence-electron chi connectivity index (χ3n) is 4.93. The Morgan fingerprint density at radius 3 is 1.94 bits per heavy atom. The molecule has 0 unspecified atom stereocenters. The predicted octanol–water partition coefficient (Wildman–Crippen LogP) is 3.98. The van der Waals surface area contributed by atoms with Crippen molar-refractivity contribution in [3.63, 3.8) is 0 Å². The van der Waals surface area contributed by atoms with E-state index in [4.69, 9.17) is 24.7 Å². The first-order chi connectivity index (χ1) is 16.2. The molecule has 3 aromatic carbocycles. The molecule has 3 rings (SSSR count). The zero-order chi connectivity index (χ0) is 24.9. The topological polar surface area (TPSA) is 129 Å². The number of sulfonamides is 1. The molecule has 0 bridgehead atoms. The van der Waals surface area contributed by atoms with Crippen LogP contribution >= 0.6 is 0 Å². The van der Waals surface area contributed by atoms with Crippen LogP contribution in [0.2, 0.25) is 0 Å². The lowest BCUT2D eigenvalue weighted by atomic mass is 10.1. The molecule has 0 fully saturated rings. The van der Waals surface area contributed by atoms with Gasteiger partial charge in [0.2, 0.25) is 5.75 Å². The van der Waals surface area contributed by atoms with Crippen molar-refractivity contribution in [3.8, 4) is 28.7 Å². The van der Waals surface area contributed by atoms with Crippen LogP contribution in [-0.2, 0) is 10.0 Å². The van der Waals surface area contributed by atoms with E-state index in [9.17, 15) is 13.5 Å². The summed E-state index contributed by atoms with van der Waals surface area (Å²) >= 11 is 0. The number of nitrogens with two attached hydrogens (primary N) is 1. The Kier molecular flexibility index (Phi) is 7.42. The van der Waals surface area contributed by atoms with Gasteiger partial charge in [0.05, 0.1) is 39.0 Å². The summed E-state index contributed by atoms with van der Waals surface area (Å²) in [5.41, 5.74) is 7.40. The average molecular weight is 487 g/mol. The van der Waals surface area contributed by atoms with Crippen LogP contribution in [0.15, 0.2) is 53.4 Å². The quantitative estimate of drug-likeness (QED) is 0.235. The van der Waals surface area contributed by atoms with Crippen molar-refractivity contribution in [1.29, 1.82) is 0 Å². The maximum atomic E-state index is 12.9. The highest BCUT2D eigenvalue weighted by Crippen LogP contribution is 2.39. The van der Waals surface area contributed by atoms with Crippen LogP contribution in [0.3, 0.4) is 0 Å². The fraction of sp³-hybridized carbons (Fsp3) is 0.167. The number of phenols is 1. The number of rotatable bonds is 9. The van der Waals surface area contributed by atoms with Crippen LogP contribution in [0, 0.1) is 0 Å². The number of aromatic hydroxyl groups is 1. The van der Waals surface area contributed by atoms with Crippen LogP contribution in [0.5, 0.6) is 28.7 Å². The van der Waals surface area contributed by atoms with Gasteiger partial charge >= 0.3 is 0 Å². The minimum Gasteiger partial charge on any atom is -0.504 e. The maximum absolute atomic E-state index is 12.9. The first kappa shape index (κ1) is 24.6. The number of hydrogen-bond acceptors (Lipinski definition) is 8. The van der Waals surface area contributed by atoms with Gasteiger partial charge < -0.3 is 29.8 Å². The summed E-state index contributed by atoms with van der Waals surface area (Å²) in [7, 11) is 1.97. The Morgan fingerprint density at radius 1 is 0.824 bits per heavy atom. The highest BCUT2D eigenvalue weighted by molar-refractivity contribution is 7.92. The molecule has 0 saturated carbocycles. The number of benzene rings is 3. The van der Waals surface area contributed by atoms with Gasteiger partial charge in [-0.15, -0.1) is 0 Å². The minimum atomic E-state index is -3.94. The number of methoxy groups -OCH3 is 4. The maximum Gasteiger partial charge on any atom is 0.261 e. The number of phenolic OH excluding ortho intramolecular Hbond substituents is 1. The lowest BCUT2D eigenvalue weighted by molar-refractivity contribution is 0.324. The van der Waals surface area contributed by atoms with Crippen molar-refractivity contribution in [2.75, 3.05) is 38.9 Å². The van der Waals surface area contributed by atoms with Gasteiger partial charge in [0.25, 0.3) is 10.0 Å². The zero-order valence-corrected chi connectivity index (χ0v) is 20.0. The second-order valence-corrected chi connectivity index (χ2v) is 8.76. The van der Waals surface area contributed by atoms with Gasteiger partial charge in [-0.2, -0.15) is 0 Å². The summed E-state index contributed by atoms with van der Waals surface area (Å²) in [5, 5.41) is 10.3. The summed E-state index contributed by atoms with van der Waals surface area (Å²) < 4.78 is 49.6. The number of ether oxygens (including phenoxy) is 4. The smallest absolute Gasteiger partial charge is 0.261 e. The van der Waals surface area contributed by atoms with Gasteiger partial charge in [-0.1, -0.05) is 12.2 Å². The Bertz CT molecular complexity index is 1280. The molecular weight excluding hydrogens is 460 g/mol. The standard InChI is InChI=1S/C24H26N2O7S/c1-30-21-14-19(26-34(28,29)18-9-7-17(25)8-10-18)16(13-20(21)27)6-5-15-11-22(31-2)24(33-4)23(12-15)32-3/h5-14,26-27H,25H2,1-4H3/b6-5-. The molecule has 0 aliphatic heterocycles. The third-order valence-corrected chi connectivity index (χ3v) is 6.31. The van der Waals surface area contributed by atoms with E-state index in [1.807, 2.05) is 0 Å². The largest absolute Gasteiger partial charge is 0.504 e. The molecule has 0 spiro atoms. The molecule has 0 heterocycles. The summed E-state index contributed by atoms with van der Waals surface area (Å²) in [6, 6.07) is 12.1. The lowest BCUT2D eigenvalue weighted by Gasteiger charge is -2.14. The zero-order valence-electron chi connectivity index (χ0n) is 19.2. The van der Waals surface area contributed by atoms with E-state index in [2.05, 4.69) is 4.72 Å². The van der Waals surface area contributed by atoms with Crippen molar-refractivity contribution in [1.82, 2.24) is 0 Å². The van der Waals surface area contributed by atoms with Crippen LogP contribution < -0.4 is 29.4 Å². The van der Waals surface area contributed by atoms with Gasteiger partial charge in [-0.3, -0.25) is 4.72 Å². The molecule has 0 saturated heterocycles. The lowest BCUT2D eigenvalue weighted by Crippen LogP contribution is -2.14. The summed E-state index contributed by atoms with van der Waals surface area (Å²) in [5.74, 6) is 1.33. The second kappa shape index (κ2) is 10.3. The Hall–Kier alpha value is -4.05. The van der Waals surface area contributed by atoms with E-state index in [-0.39, 0.29) is 22.1 Å². The summed E-state index contributed by atoms with van der Waals surface area (Å²) in [6.45, 7) is 0. The Morgan fingerprint density at radius 2 is 1.41 bits per heavy atom. The predicted molar refractivity (Wildman–Crippen MR) is 131 cm³/mol. The molecule has 0 aliphatic rings.